The number of anilines is 1. The number of carbonyl (C=O) groups is 1. The van der Waals surface area contributed by atoms with Crippen LogP contribution in [0.4, 0.5) is 5.82 Å². The number of nitrogens with zero attached hydrogens (tertiary/aromatic N) is 4. The van der Waals surface area contributed by atoms with Crippen molar-refractivity contribution in [1.82, 2.24) is 19.5 Å². The van der Waals surface area contributed by atoms with Crippen LogP contribution in [0.15, 0.2) is 36.7 Å². The number of benzene rings is 1. The van der Waals surface area contributed by atoms with Crippen molar-refractivity contribution in [3.05, 3.63) is 36.7 Å². The number of ether oxygens (including phenoxy) is 2. The summed E-state index contributed by atoms with van der Waals surface area (Å²) < 4.78 is 27.4. The van der Waals surface area contributed by atoms with Crippen molar-refractivity contribution in [2.75, 3.05) is 32.2 Å². The quantitative estimate of drug-likeness (QED) is 0.698. The SMILES string of the molecule is COc1cc(-c2cnc3c(c2)OCCN3C)cc2c1cnn2C1=CC(=O)NS1=O. The Bertz CT molecular complexity index is 1220. The van der Waals surface area contributed by atoms with Gasteiger partial charge in [0.05, 0.1) is 30.8 Å². The van der Waals surface area contributed by atoms with E-state index >= 15 is 0 Å². The van der Waals surface area contributed by atoms with Crippen LogP contribution in [0.1, 0.15) is 0 Å². The second kappa shape index (κ2) is 6.59. The van der Waals surface area contributed by atoms with Crippen LogP contribution >= 0.6 is 0 Å². The monoisotopic (exact) mass is 411 g/mol. The van der Waals surface area contributed by atoms with E-state index < -0.39 is 16.9 Å². The molecule has 0 saturated heterocycles. The molecule has 3 aromatic rings. The van der Waals surface area contributed by atoms with Crippen molar-refractivity contribution < 1.29 is 18.5 Å². The third-order valence-corrected chi connectivity index (χ3v) is 5.99. The van der Waals surface area contributed by atoms with Gasteiger partial charge in [-0.1, -0.05) is 0 Å². The third kappa shape index (κ3) is 2.83. The van der Waals surface area contributed by atoms with E-state index in [4.69, 9.17) is 9.47 Å². The molecule has 2 aromatic heterocycles. The molecule has 5 rings (SSSR count). The molecule has 10 heteroatoms. The molecule has 2 aliphatic rings. The lowest BCUT2D eigenvalue weighted by atomic mass is 10.0. The summed E-state index contributed by atoms with van der Waals surface area (Å²) in [6, 6.07) is 5.74. The molecule has 4 heterocycles. The first-order valence-corrected chi connectivity index (χ1v) is 10.0. The maximum atomic E-state index is 12.2. The maximum Gasteiger partial charge on any atom is 0.258 e. The van der Waals surface area contributed by atoms with Crippen LogP contribution in [0.25, 0.3) is 27.1 Å². The van der Waals surface area contributed by atoms with Gasteiger partial charge < -0.3 is 14.4 Å². The molecular formula is C19H17N5O4S. The van der Waals surface area contributed by atoms with Gasteiger partial charge in [0.15, 0.2) is 27.6 Å². The molecule has 1 amide bonds. The lowest BCUT2D eigenvalue weighted by Crippen LogP contribution is -2.29. The first kappa shape index (κ1) is 17.7. The summed E-state index contributed by atoms with van der Waals surface area (Å²) in [5.41, 5.74) is 2.36. The Morgan fingerprint density at radius 2 is 2.10 bits per heavy atom. The number of methoxy groups -OCH3 is 1. The van der Waals surface area contributed by atoms with Crippen LogP contribution in [0.5, 0.6) is 11.5 Å². The summed E-state index contributed by atoms with van der Waals surface area (Å²) in [4.78, 5) is 18.2. The Labute approximate surface area is 168 Å². The van der Waals surface area contributed by atoms with Crippen LogP contribution in [-0.4, -0.2) is 52.2 Å². The van der Waals surface area contributed by atoms with E-state index in [1.165, 1.54) is 10.8 Å². The highest BCUT2D eigenvalue weighted by Gasteiger charge is 2.24. The summed E-state index contributed by atoms with van der Waals surface area (Å²) in [5.74, 6) is 1.72. The van der Waals surface area contributed by atoms with Crippen molar-refractivity contribution in [2.24, 2.45) is 0 Å². The molecular weight excluding hydrogens is 394 g/mol. The highest BCUT2D eigenvalue weighted by molar-refractivity contribution is 7.93. The number of amides is 1. The molecule has 1 aromatic carbocycles. The number of hydrogen-bond donors (Lipinski definition) is 1. The molecule has 148 valence electrons. The first-order valence-electron chi connectivity index (χ1n) is 8.90. The molecule has 0 saturated carbocycles. The van der Waals surface area contributed by atoms with Gasteiger partial charge in [0, 0.05) is 24.9 Å². The van der Waals surface area contributed by atoms with Gasteiger partial charge >= 0.3 is 0 Å². The summed E-state index contributed by atoms with van der Waals surface area (Å²) in [6.07, 6.45) is 4.69. The van der Waals surface area contributed by atoms with Crippen molar-refractivity contribution in [3.8, 4) is 22.6 Å². The number of fused-ring (bicyclic) bond motifs is 2. The average Bonchev–Trinajstić information content (AvgIpc) is 3.29. The fourth-order valence-corrected chi connectivity index (χ4v) is 4.33. The molecule has 1 N–H and O–H groups in total. The normalized spacial score (nSPS) is 18.3. The number of pyridine rings is 1. The Kier molecular flexibility index (Phi) is 4.02. The molecule has 1 unspecified atom stereocenters. The van der Waals surface area contributed by atoms with Crippen LogP contribution in [0.3, 0.4) is 0 Å². The van der Waals surface area contributed by atoms with Crippen molar-refractivity contribution >= 4 is 38.6 Å². The maximum absolute atomic E-state index is 12.2. The number of rotatable bonds is 3. The van der Waals surface area contributed by atoms with Crippen molar-refractivity contribution in [1.29, 1.82) is 0 Å². The minimum Gasteiger partial charge on any atom is -0.496 e. The molecule has 0 radical (unpaired) electrons. The van der Waals surface area contributed by atoms with Crippen LogP contribution in [0, 0.1) is 0 Å². The van der Waals surface area contributed by atoms with Gasteiger partial charge in [0.25, 0.3) is 5.91 Å². The van der Waals surface area contributed by atoms with Crippen LogP contribution in [0.2, 0.25) is 0 Å². The Morgan fingerprint density at radius 1 is 1.24 bits per heavy atom. The standard InChI is InChI=1S/C19H17N5O4S/c1-23-3-4-28-16-7-12(9-20-19(16)23)11-5-14-13(15(6-11)27-2)10-21-24(14)18-8-17(25)22-29(18)26/h5-10H,3-4H2,1-2H3,(H,22,25). The van der Waals surface area contributed by atoms with Gasteiger partial charge in [-0.15, -0.1) is 0 Å². The lowest BCUT2D eigenvalue weighted by Gasteiger charge is -2.26. The van der Waals surface area contributed by atoms with E-state index in [0.29, 0.717) is 17.9 Å². The van der Waals surface area contributed by atoms with E-state index in [1.54, 1.807) is 19.5 Å². The summed E-state index contributed by atoms with van der Waals surface area (Å²) in [5, 5.41) is 5.34. The average molecular weight is 411 g/mol. The fraction of sp³-hybridized carbons (Fsp3) is 0.211. The zero-order valence-corrected chi connectivity index (χ0v) is 16.5. The van der Waals surface area contributed by atoms with Gasteiger partial charge in [-0.2, -0.15) is 5.10 Å². The number of carbonyl (C=O) groups excluding carboxylic acids is 1. The largest absolute Gasteiger partial charge is 0.496 e. The molecule has 9 nitrogen and oxygen atoms in total. The van der Waals surface area contributed by atoms with E-state index in [2.05, 4.69) is 14.8 Å². The smallest absolute Gasteiger partial charge is 0.258 e. The van der Waals surface area contributed by atoms with Crippen LogP contribution < -0.4 is 19.1 Å². The van der Waals surface area contributed by atoms with Crippen molar-refractivity contribution in [2.45, 2.75) is 0 Å². The van der Waals surface area contributed by atoms with Crippen LogP contribution in [-0.2, 0) is 15.8 Å². The zero-order valence-electron chi connectivity index (χ0n) is 15.7. The Balaban J connectivity index is 1.68. The lowest BCUT2D eigenvalue weighted by molar-refractivity contribution is -0.114. The Hall–Kier alpha value is -3.40. The van der Waals surface area contributed by atoms with E-state index in [9.17, 15) is 9.00 Å². The highest BCUT2D eigenvalue weighted by atomic mass is 32.2. The van der Waals surface area contributed by atoms with E-state index in [-0.39, 0.29) is 5.03 Å². The van der Waals surface area contributed by atoms with Gasteiger partial charge in [0.1, 0.15) is 12.4 Å². The number of nitrogens with one attached hydrogen (secondary N) is 1. The highest BCUT2D eigenvalue weighted by Crippen LogP contribution is 2.37. The topological polar surface area (TPSA) is 98.6 Å². The summed E-state index contributed by atoms with van der Waals surface area (Å²) in [6.45, 7) is 1.39. The number of likely N-dealkylation sites (N-methyl/N-ethyl adjacent to an activating group) is 1. The first-order chi connectivity index (χ1) is 14.0. The van der Waals surface area contributed by atoms with Gasteiger partial charge in [-0.25, -0.2) is 13.9 Å². The minimum atomic E-state index is -1.66. The summed E-state index contributed by atoms with van der Waals surface area (Å²) >= 11 is 0. The molecule has 2 aliphatic heterocycles. The molecule has 0 spiro atoms. The number of aromatic nitrogens is 3. The van der Waals surface area contributed by atoms with Gasteiger partial charge in [-0.3, -0.25) is 9.52 Å². The minimum absolute atomic E-state index is 0.276. The molecule has 0 bridgehead atoms. The second-order valence-electron chi connectivity index (χ2n) is 6.70. The van der Waals surface area contributed by atoms with E-state index in [1.807, 2.05) is 30.1 Å². The van der Waals surface area contributed by atoms with Crippen molar-refractivity contribution in [3.63, 3.8) is 0 Å². The Morgan fingerprint density at radius 3 is 2.86 bits per heavy atom. The predicted octanol–water partition coefficient (Wildman–Crippen LogP) is 1.53. The molecule has 0 aliphatic carbocycles. The van der Waals surface area contributed by atoms with Gasteiger partial charge in [0.2, 0.25) is 0 Å². The second-order valence-corrected chi connectivity index (χ2v) is 7.86. The molecule has 29 heavy (non-hydrogen) atoms. The molecule has 1 atom stereocenters. The molecule has 0 fully saturated rings. The summed E-state index contributed by atoms with van der Waals surface area (Å²) in [7, 11) is 1.90. The predicted molar refractivity (Wildman–Crippen MR) is 109 cm³/mol. The third-order valence-electron chi connectivity index (χ3n) is 4.93. The van der Waals surface area contributed by atoms with Gasteiger partial charge in [-0.05, 0) is 23.8 Å². The number of hydrogen-bond acceptors (Lipinski definition) is 7. The zero-order chi connectivity index (χ0) is 20.1. The fourth-order valence-electron chi connectivity index (χ4n) is 3.47. The van der Waals surface area contributed by atoms with E-state index in [0.717, 1.165) is 34.6 Å².